The minimum absolute atomic E-state index is 0.909. The Morgan fingerprint density at radius 2 is 1.81 bits per heavy atom. The summed E-state index contributed by atoms with van der Waals surface area (Å²) in [5.74, 6) is -1.31. The first-order valence-electron chi connectivity index (χ1n) is 4.03. The molecule has 4 N–H and O–H groups in total. The largest absolute Gasteiger partial charge is 0.790 e. The number of aliphatic hydroxyl groups is 4. The highest BCUT2D eigenvalue weighted by molar-refractivity contribution is 7.43. The van der Waals surface area contributed by atoms with Gasteiger partial charge in [0.2, 0.25) is 0 Å². The van der Waals surface area contributed by atoms with Gasteiger partial charge in [0.15, 0.2) is 5.78 Å². The maximum absolute atomic E-state index is 10.9. The van der Waals surface area contributed by atoms with Crippen LogP contribution in [-0.4, -0.2) is 57.7 Å². The topological polar surface area (TPSA) is 170 Å². The molecule has 0 aromatic carbocycles. The summed E-state index contributed by atoms with van der Waals surface area (Å²) in [6, 6.07) is 0. The van der Waals surface area contributed by atoms with Crippen molar-refractivity contribution in [2.24, 2.45) is 0 Å². The zero-order valence-corrected chi connectivity index (χ0v) is 8.82. The molecule has 0 aliphatic carbocycles. The van der Waals surface area contributed by atoms with Crippen LogP contribution in [0.3, 0.4) is 0 Å². The number of aliphatic hydroxyl groups excluding tert-OH is 4. The Morgan fingerprint density at radius 3 is 2.19 bits per heavy atom. The highest BCUT2D eigenvalue weighted by atomic mass is 31.2. The third-order valence-electron chi connectivity index (χ3n) is 1.60. The van der Waals surface area contributed by atoms with E-state index in [0.717, 1.165) is 0 Å². The maximum atomic E-state index is 10.9. The summed E-state index contributed by atoms with van der Waals surface area (Å²) in [4.78, 5) is 30.9. The van der Waals surface area contributed by atoms with Gasteiger partial charge in [0.1, 0.15) is 24.9 Å². The third-order valence-corrected chi connectivity index (χ3v) is 2.04. The molecular formula is C6H11O9P-2. The fraction of sp³-hybridized carbons (Fsp3) is 0.833. The Morgan fingerprint density at radius 1 is 1.31 bits per heavy atom. The Hall–Kier alpha value is -0.380. The molecule has 0 aromatic rings. The van der Waals surface area contributed by atoms with Crippen LogP contribution in [0.25, 0.3) is 0 Å². The molecular weight excluding hydrogens is 247 g/mol. The van der Waals surface area contributed by atoms with Gasteiger partial charge < -0.3 is 39.3 Å². The number of hydrogen-bond acceptors (Lipinski definition) is 9. The van der Waals surface area contributed by atoms with E-state index in [2.05, 4.69) is 4.52 Å². The molecule has 0 fully saturated rings. The van der Waals surface area contributed by atoms with Gasteiger partial charge in [-0.3, -0.25) is 4.79 Å². The monoisotopic (exact) mass is 258 g/mol. The van der Waals surface area contributed by atoms with Crippen molar-refractivity contribution in [2.45, 2.75) is 18.3 Å². The lowest BCUT2D eigenvalue weighted by Gasteiger charge is -2.29. The number of carbonyl (C=O) groups is 1. The Labute approximate surface area is 90.2 Å². The van der Waals surface area contributed by atoms with E-state index in [1.165, 1.54) is 0 Å². The van der Waals surface area contributed by atoms with E-state index in [0.29, 0.717) is 0 Å². The van der Waals surface area contributed by atoms with Crippen LogP contribution in [0.15, 0.2) is 0 Å². The number of hydrogen-bond donors (Lipinski definition) is 4. The van der Waals surface area contributed by atoms with Gasteiger partial charge in [-0.05, 0) is 0 Å². The van der Waals surface area contributed by atoms with Crippen molar-refractivity contribution in [3.05, 3.63) is 0 Å². The number of ketones is 1. The lowest BCUT2D eigenvalue weighted by atomic mass is 10.1. The lowest BCUT2D eigenvalue weighted by Crippen LogP contribution is -2.45. The fourth-order valence-corrected chi connectivity index (χ4v) is 1.02. The maximum Gasteiger partial charge on any atom is 0.189 e. The lowest BCUT2D eigenvalue weighted by molar-refractivity contribution is -0.341. The van der Waals surface area contributed by atoms with Crippen molar-refractivity contribution in [1.82, 2.24) is 0 Å². The smallest absolute Gasteiger partial charge is 0.189 e. The fourth-order valence-electron chi connectivity index (χ4n) is 0.737. The molecule has 16 heavy (non-hydrogen) atoms. The van der Waals surface area contributed by atoms with Crippen LogP contribution < -0.4 is 9.79 Å². The van der Waals surface area contributed by atoms with Crippen LogP contribution in [0.2, 0.25) is 0 Å². The molecule has 0 amide bonds. The molecule has 0 saturated heterocycles. The zero-order chi connectivity index (χ0) is 12.9. The molecule has 9 nitrogen and oxygen atoms in total. The number of Topliss-reactive ketones (excluding diaryl/α,β-unsaturated/α-hetero) is 1. The summed E-state index contributed by atoms with van der Waals surface area (Å²) in [6.45, 7) is -2.16. The van der Waals surface area contributed by atoms with Crippen molar-refractivity contribution < 1.29 is 44.1 Å². The van der Waals surface area contributed by atoms with Gasteiger partial charge in [0, 0.05) is 0 Å². The van der Waals surface area contributed by atoms with E-state index in [4.69, 9.17) is 20.4 Å². The van der Waals surface area contributed by atoms with Crippen LogP contribution in [0.5, 0.6) is 0 Å². The summed E-state index contributed by atoms with van der Waals surface area (Å²) in [5, 5.41) is 35.3. The molecule has 0 aliphatic rings. The van der Waals surface area contributed by atoms with E-state index in [-0.39, 0.29) is 0 Å². The Balaban J connectivity index is 4.23. The molecule has 0 saturated carbocycles. The van der Waals surface area contributed by atoms with Gasteiger partial charge in [-0.15, -0.1) is 0 Å². The highest BCUT2D eigenvalue weighted by Crippen LogP contribution is 2.24. The standard InChI is InChI=1S/C6H13O9P/c7-1-3(8)5(10)6(11)4(9)2-15-16(12,13)14/h3,5-8,10-11H,1-2H2,(H2,12,13,14)/p-2/t3-,5?,6?/m0/s1. The Bertz CT molecular complexity index is 273. The summed E-state index contributed by atoms with van der Waals surface area (Å²) in [7, 11) is -5.35. The predicted molar refractivity (Wildman–Crippen MR) is 43.7 cm³/mol. The van der Waals surface area contributed by atoms with Gasteiger partial charge in [0.05, 0.1) is 14.4 Å². The van der Waals surface area contributed by atoms with Gasteiger partial charge in [-0.2, -0.15) is 0 Å². The molecule has 0 spiro atoms. The van der Waals surface area contributed by atoms with Gasteiger partial charge in [-0.1, -0.05) is 0 Å². The molecule has 0 aliphatic heterocycles. The first-order valence-corrected chi connectivity index (χ1v) is 5.49. The van der Waals surface area contributed by atoms with Gasteiger partial charge in [-0.25, -0.2) is 0 Å². The number of phosphoric acid groups is 1. The first kappa shape index (κ1) is 15.6. The van der Waals surface area contributed by atoms with Gasteiger partial charge in [0.25, 0.3) is 0 Å². The summed E-state index contributed by atoms with van der Waals surface area (Å²) < 4.78 is 13.5. The molecule has 2 unspecified atom stereocenters. The molecule has 0 rings (SSSR count). The average Bonchev–Trinajstić information content (AvgIpc) is 2.21. The van der Waals surface area contributed by atoms with Crippen LogP contribution in [-0.2, 0) is 13.9 Å². The first-order chi connectivity index (χ1) is 7.19. The number of rotatable bonds is 7. The van der Waals surface area contributed by atoms with E-state index in [1.807, 2.05) is 0 Å². The highest BCUT2D eigenvalue weighted by Gasteiger charge is 2.29. The quantitative estimate of drug-likeness (QED) is 0.328. The second kappa shape index (κ2) is 6.38. The van der Waals surface area contributed by atoms with E-state index in [9.17, 15) is 19.1 Å². The van der Waals surface area contributed by atoms with E-state index >= 15 is 0 Å². The van der Waals surface area contributed by atoms with Crippen LogP contribution >= 0.6 is 7.82 Å². The van der Waals surface area contributed by atoms with Crippen molar-refractivity contribution in [3.63, 3.8) is 0 Å². The van der Waals surface area contributed by atoms with Crippen LogP contribution in [0, 0.1) is 0 Å². The molecule has 0 radical (unpaired) electrons. The molecule has 10 heteroatoms. The van der Waals surface area contributed by atoms with Crippen LogP contribution in [0.1, 0.15) is 0 Å². The summed E-state index contributed by atoms with van der Waals surface area (Å²) >= 11 is 0. The zero-order valence-electron chi connectivity index (χ0n) is 7.92. The SMILES string of the molecule is O=C(COP(=O)([O-])[O-])C(O)C(O)[C@@H](O)CO. The van der Waals surface area contributed by atoms with Crippen LogP contribution in [0.4, 0.5) is 0 Å². The van der Waals surface area contributed by atoms with Crippen molar-refractivity contribution in [2.75, 3.05) is 13.2 Å². The van der Waals surface area contributed by atoms with Gasteiger partial charge >= 0.3 is 0 Å². The Kier molecular flexibility index (Phi) is 6.23. The number of phosphoric ester groups is 1. The predicted octanol–water partition coefficient (Wildman–Crippen LogP) is -4.52. The second-order valence-electron chi connectivity index (χ2n) is 2.87. The average molecular weight is 258 g/mol. The molecule has 0 heterocycles. The summed E-state index contributed by atoms with van der Waals surface area (Å²) in [6.07, 6.45) is -5.93. The van der Waals surface area contributed by atoms with E-state index in [1.54, 1.807) is 0 Å². The molecule has 3 atom stereocenters. The molecule has 0 bridgehead atoms. The normalized spacial score (nSPS) is 17.9. The van der Waals surface area contributed by atoms with Crippen molar-refractivity contribution >= 4 is 13.6 Å². The van der Waals surface area contributed by atoms with E-state index < -0.39 is 45.1 Å². The number of carbonyl (C=O) groups excluding carboxylic acids is 1. The van der Waals surface area contributed by atoms with Crippen molar-refractivity contribution in [3.8, 4) is 0 Å². The summed E-state index contributed by atoms with van der Waals surface area (Å²) in [5.41, 5.74) is 0. The van der Waals surface area contributed by atoms with Crippen molar-refractivity contribution in [1.29, 1.82) is 0 Å². The third kappa shape index (κ3) is 5.64. The minimum atomic E-state index is -5.35. The second-order valence-corrected chi connectivity index (χ2v) is 4.02. The minimum Gasteiger partial charge on any atom is -0.790 e. The molecule has 0 aromatic heterocycles. The molecule has 96 valence electrons.